The maximum atomic E-state index is 9.16. The largest absolute Gasteiger partial charge is 0.379 e. The highest BCUT2D eigenvalue weighted by Gasteiger charge is 2.15. The summed E-state index contributed by atoms with van der Waals surface area (Å²) in [6.45, 7) is 2.94. The number of hydrogen-bond donors (Lipinski definition) is 1. The Morgan fingerprint density at radius 1 is 1.00 bits per heavy atom. The van der Waals surface area contributed by atoms with Crippen molar-refractivity contribution in [2.45, 2.75) is 19.4 Å². The first-order chi connectivity index (χ1) is 10.4. The predicted octanol–water partition coefficient (Wildman–Crippen LogP) is 3.77. The Morgan fingerprint density at radius 3 is 2.52 bits per heavy atom. The molecule has 106 valence electrons. The summed E-state index contributed by atoms with van der Waals surface area (Å²) in [5.41, 5.74) is 4.19. The molecule has 1 aliphatic heterocycles. The lowest BCUT2D eigenvalue weighted by atomic mass is 10.1. The fraction of sp³-hybridized carbons (Fsp3) is 0.278. The van der Waals surface area contributed by atoms with Gasteiger partial charge in [0, 0.05) is 19.6 Å². The van der Waals surface area contributed by atoms with Crippen molar-refractivity contribution in [3.63, 3.8) is 0 Å². The van der Waals surface area contributed by atoms with Gasteiger partial charge in [0.05, 0.1) is 23.0 Å². The van der Waals surface area contributed by atoms with Crippen molar-refractivity contribution in [2.75, 3.05) is 23.3 Å². The fourth-order valence-corrected chi connectivity index (χ4v) is 2.83. The molecule has 3 rings (SSSR count). The molecule has 1 heterocycles. The second-order valence-electron chi connectivity index (χ2n) is 5.33. The molecule has 1 saturated heterocycles. The lowest BCUT2D eigenvalue weighted by molar-refractivity contribution is 0.949. The highest BCUT2D eigenvalue weighted by molar-refractivity contribution is 5.70. The zero-order valence-corrected chi connectivity index (χ0v) is 12.0. The molecule has 0 saturated carbocycles. The van der Waals surface area contributed by atoms with Crippen molar-refractivity contribution in [2.24, 2.45) is 0 Å². The molecule has 3 heteroatoms. The second-order valence-corrected chi connectivity index (χ2v) is 5.33. The third-order valence-electron chi connectivity index (χ3n) is 3.96. The zero-order valence-electron chi connectivity index (χ0n) is 12.0. The van der Waals surface area contributed by atoms with E-state index in [9.17, 15) is 0 Å². The van der Waals surface area contributed by atoms with Crippen LogP contribution in [-0.4, -0.2) is 13.1 Å². The first-order valence-electron chi connectivity index (χ1n) is 7.44. The molecule has 0 spiro atoms. The Kier molecular flexibility index (Phi) is 4.07. The third kappa shape index (κ3) is 3.00. The van der Waals surface area contributed by atoms with Gasteiger partial charge in [-0.2, -0.15) is 5.26 Å². The molecule has 0 radical (unpaired) electrons. The van der Waals surface area contributed by atoms with E-state index in [4.69, 9.17) is 5.26 Å². The van der Waals surface area contributed by atoms with Gasteiger partial charge in [-0.05, 0) is 36.6 Å². The van der Waals surface area contributed by atoms with Gasteiger partial charge in [0.1, 0.15) is 0 Å². The summed E-state index contributed by atoms with van der Waals surface area (Å²) < 4.78 is 0. The van der Waals surface area contributed by atoms with Crippen LogP contribution in [0.3, 0.4) is 0 Å². The van der Waals surface area contributed by atoms with E-state index in [1.807, 2.05) is 24.3 Å². The number of hydrogen-bond acceptors (Lipinski definition) is 3. The molecule has 1 fully saturated rings. The lowest BCUT2D eigenvalue weighted by Gasteiger charge is -2.22. The zero-order chi connectivity index (χ0) is 14.5. The third-order valence-corrected chi connectivity index (χ3v) is 3.96. The summed E-state index contributed by atoms with van der Waals surface area (Å²) in [5.74, 6) is 0. The molecular weight excluding hydrogens is 258 g/mol. The van der Waals surface area contributed by atoms with E-state index in [2.05, 4.69) is 40.6 Å². The normalized spacial score (nSPS) is 14.0. The minimum Gasteiger partial charge on any atom is -0.379 e. The fourth-order valence-electron chi connectivity index (χ4n) is 2.83. The molecule has 0 bridgehead atoms. The molecule has 0 amide bonds. The monoisotopic (exact) mass is 277 g/mol. The SMILES string of the molecule is N#Cc1ccccc1CNc1ccccc1N1CCCC1. The van der Waals surface area contributed by atoms with Crippen LogP contribution in [-0.2, 0) is 6.54 Å². The van der Waals surface area contributed by atoms with Crippen molar-refractivity contribution in [1.29, 1.82) is 5.26 Å². The Morgan fingerprint density at radius 2 is 1.71 bits per heavy atom. The van der Waals surface area contributed by atoms with Crippen molar-refractivity contribution in [3.8, 4) is 6.07 Å². The van der Waals surface area contributed by atoms with E-state index in [0.717, 1.165) is 29.9 Å². The van der Waals surface area contributed by atoms with Crippen molar-refractivity contribution < 1.29 is 0 Å². The van der Waals surface area contributed by atoms with Crippen LogP contribution in [0.2, 0.25) is 0 Å². The quantitative estimate of drug-likeness (QED) is 0.924. The number of para-hydroxylation sites is 2. The Balaban J connectivity index is 1.78. The summed E-state index contributed by atoms with van der Waals surface area (Å²) in [4.78, 5) is 2.43. The molecule has 1 N–H and O–H groups in total. The Hall–Kier alpha value is -2.47. The number of nitrogens with zero attached hydrogens (tertiary/aromatic N) is 2. The smallest absolute Gasteiger partial charge is 0.0995 e. The molecular formula is C18H19N3. The Labute approximate surface area is 125 Å². The van der Waals surface area contributed by atoms with Crippen LogP contribution in [0.15, 0.2) is 48.5 Å². The van der Waals surface area contributed by atoms with Gasteiger partial charge in [-0.15, -0.1) is 0 Å². The topological polar surface area (TPSA) is 39.1 Å². The van der Waals surface area contributed by atoms with Crippen molar-refractivity contribution in [1.82, 2.24) is 0 Å². The van der Waals surface area contributed by atoms with Gasteiger partial charge in [0.15, 0.2) is 0 Å². The van der Waals surface area contributed by atoms with Crippen LogP contribution in [0.25, 0.3) is 0 Å². The van der Waals surface area contributed by atoms with Crippen LogP contribution in [0.4, 0.5) is 11.4 Å². The highest BCUT2D eigenvalue weighted by atomic mass is 15.2. The van der Waals surface area contributed by atoms with Gasteiger partial charge in [-0.1, -0.05) is 30.3 Å². The average Bonchev–Trinajstić information content (AvgIpc) is 3.08. The van der Waals surface area contributed by atoms with Crippen LogP contribution in [0.5, 0.6) is 0 Å². The number of rotatable bonds is 4. The van der Waals surface area contributed by atoms with Gasteiger partial charge in [0.25, 0.3) is 0 Å². The summed E-state index contributed by atoms with van der Waals surface area (Å²) in [6, 6.07) is 18.4. The predicted molar refractivity (Wildman–Crippen MR) is 86.4 cm³/mol. The highest BCUT2D eigenvalue weighted by Crippen LogP contribution is 2.29. The second kappa shape index (κ2) is 6.32. The standard InChI is InChI=1S/C18H19N3/c19-13-15-7-1-2-8-16(15)14-20-17-9-3-4-10-18(17)21-11-5-6-12-21/h1-4,7-10,20H,5-6,11-12,14H2. The number of anilines is 2. The molecule has 0 unspecified atom stereocenters. The van der Waals surface area contributed by atoms with Crippen LogP contribution >= 0.6 is 0 Å². The summed E-state index contributed by atoms with van der Waals surface area (Å²) in [7, 11) is 0. The Bertz CT molecular complexity index is 652. The molecule has 2 aromatic carbocycles. The average molecular weight is 277 g/mol. The van der Waals surface area contributed by atoms with Crippen LogP contribution in [0.1, 0.15) is 24.0 Å². The first kappa shape index (κ1) is 13.5. The molecule has 1 aliphatic rings. The number of nitriles is 1. The minimum atomic E-state index is 0.675. The van der Waals surface area contributed by atoms with Gasteiger partial charge in [-0.3, -0.25) is 0 Å². The van der Waals surface area contributed by atoms with E-state index in [1.54, 1.807) is 0 Å². The maximum Gasteiger partial charge on any atom is 0.0995 e. The van der Waals surface area contributed by atoms with Gasteiger partial charge < -0.3 is 10.2 Å². The van der Waals surface area contributed by atoms with E-state index in [0.29, 0.717) is 6.54 Å². The number of nitrogens with one attached hydrogen (secondary N) is 1. The van der Waals surface area contributed by atoms with Crippen LogP contribution in [0, 0.1) is 11.3 Å². The van der Waals surface area contributed by atoms with E-state index >= 15 is 0 Å². The summed E-state index contributed by atoms with van der Waals surface area (Å²) in [6.07, 6.45) is 2.54. The van der Waals surface area contributed by atoms with Gasteiger partial charge in [-0.25, -0.2) is 0 Å². The molecule has 0 atom stereocenters. The molecule has 2 aromatic rings. The van der Waals surface area contributed by atoms with E-state index in [-0.39, 0.29) is 0 Å². The number of benzene rings is 2. The summed E-state index contributed by atoms with van der Waals surface area (Å²) in [5, 5.41) is 12.6. The molecule has 0 aliphatic carbocycles. The molecule has 0 aromatic heterocycles. The van der Waals surface area contributed by atoms with Crippen molar-refractivity contribution >= 4 is 11.4 Å². The lowest BCUT2D eigenvalue weighted by Crippen LogP contribution is -2.19. The molecule has 21 heavy (non-hydrogen) atoms. The molecule has 3 nitrogen and oxygen atoms in total. The van der Waals surface area contributed by atoms with Gasteiger partial charge >= 0.3 is 0 Å². The first-order valence-corrected chi connectivity index (χ1v) is 7.44. The minimum absolute atomic E-state index is 0.675. The van der Waals surface area contributed by atoms with E-state index in [1.165, 1.54) is 18.5 Å². The maximum absolute atomic E-state index is 9.16. The van der Waals surface area contributed by atoms with Gasteiger partial charge in [0.2, 0.25) is 0 Å². The van der Waals surface area contributed by atoms with E-state index < -0.39 is 0 Å². The van der Waals surface area contributed by atoms with Crippen molar-refractivity contribution in [3.05, 3.63) is 59.7 Å². The van der Waals surface area contributed by atoms with Crippen LogP contribution < -0.4 is 10.2 Å². The summed E-state index contributed by atoms with van der Waals surface area (Å²) >= 11 is 0.